The predicted octanol–water partition coefficient (Wildman–Crippen LogP) is 0.979. The molecule has 29 heavy (non-hydrogen) atoms. The van der Waals surface area contributed by atoms with Crippen LogP contribution in [0.1, 0.15) is 15.9 Å². The van der Waals surface area contributed by atoms with Crippen molar-refractivity contribution in [3.63, 3.8) is 0 Å². The van der Waals surface area contributed by atoms with Crippen molar-refractivity contribution in [3.05, 3.63) is 65.7 Å². The number of ether oxygens (including phenoxy) is 1. The lowest BCUT2D eigenvalue weighted by molar-refractivity contribution is -0.131. The van der Waals surface area contributed by atoms with Crippen molar-refractivity contribution in [3.8, 4) is 0 Å². The molecule has 1 fully saturated rings. The third-order valence-electron chi connectivity index (χ3n) is 4.60. The molecule has 1 unspecified atom stereocenters. The van der Waals surface area contributed by atoms with E-state index in [0.717, 1.165) is 11.6 Å². The molecule has 8 nitrogen and oxygen atoms in total. The first-order valence-corrected chi connectivity index (χ1v) is 10.3. The number of sulfonamides is 1. The van der Waals surface area contributed by atoms with Crippen LogP contribution in [0.3, 0.4) is 0 Å². The average Bonchev–Trinajstić information content (AvgIpc) is 2.88. The molecule has 0 aromatic heterocycles. The van der Waals surface area contributed by atoms with E-state index in [1.165, 1.54) is 25.3 Å². The minimum Gasteiger partial charge on any atom is -0.465 e. The highest BCUT2D eigenvalue weighted by atomic mass is 32.2. The number of nitrogens with zero attached hydrogens (tertiary/aromatic N) is 1. The van der Waals surface area contributed by atoms with E-state index in [9.17, 15) is 22.8 Å². The van der Waals surface area contributed by atoms with Crippen LogP contribution in [0.5, 0.6) is 0 Å². The molecule has 3 rings (SSSR count). The van der Waals surface area contributed by atoms with Gasteiger partial charge in [0.2, 0.25) is 11.8 Å². The van der Waals surface area contributed by atoms with Crippen molar-refractivity contribution < 1.29 is 27.5 Å². The zero-order valence-electron chi connectivity index (χ0n) is 15.7. The van der Waals surface area contributed by atoms with E-state index in [4.69, 9.17) is 0 Å². The largest absolute Gasteiger partial charge is 0.465 e. The van der Waals surface area contributed by atoms with Crippen molar-refractivity contribution in [1.82, 2.24) is 9.62 Å². The lowest BCUT2D eigenvalue weighted by atomic mass is 9.99. The molecule has 0 spiro atoms. The number of nitrogens with one attached hydrogen (secondary N) is 1. The van der Waals surface area contributed by atoms with Crippen LogP contribution in [0, 0.1) is 5.92 Å². The standard InChI is InChI=1S/C20H20N2O6S/c1-28-20(25)15-8-5-9-17(11-15)29(26,27)22-13-18(23)21-12-16(19(22)24)10-14-6-3-2-4-7-14/h2-9,11,16H,10,12-13H2,1H3,(H,21,23). The third-order valence-corrected chi connectivity index (χ3v) is 6.33. The van der Waals surface area contributed by atoms with E-state index < -0.39 is 40.3 Å². The fourth-order valence-corrected chi connectivity index (χ4v) is 4.54. The van der Waals surface area contributed by atoms with Gasteiger partial charge in [0.1, 0.15) is 6.54 Å². The molecule has 2 aromatic rings. The van der Waals surface area contributed by atoms with Gasteiger partial charge in [0.15, 0.2) is 0 Å². The Hall–Kier alpha value is -3.20. The number of esters is 1. The molecular formula is C20H20N2O6S. The Morgan fingerprint density at radius 3 is 2.55 bits per heavy atom. The number of rotatable bonds is 5. The quantitative estimate of drug-likeness (QED) is 0.728. The SMILES string of the molecule is COC(=O)c1cccc(S(=O)(=O)N2CC(=O)NCC(Cc3ccccc3)C2=O)c1. The Morgan fingerprint density at radius 1 is 1.14 bits per heavy atom. The molecule has 0 radical (unpaired) electrons. The average molecular weight is 416 g/mol. The van der Waals surface area contributed by atoms with Crippen molar-refractivity contribution in [2.24, 2.45) is 5.92 Å². The molecular weight excluding hydrogens is 396 g/mol. The summed E-state index contributed by atoms with van der Waals surface area (Å²) in [4.78, 5) is 36.6. The van der Waals surface area contributed by atoms with E-state index in [0.29, 0.717) is 4.31 Å². The topological polar surface area (TPSA) is 110 Å². The summed E-state index contributed by atoms with van der Waals surface area (Å²) in [6.45, 7) is -0.574. The van der Waals surface area contributed by atoms with E-state index in [1.54, 1.807) is 0 Å². The fraction of sp³-hybridized carbons (Fsp3) is 0.250. The molecule has 0 aliphatic carbocycles. The molecule has 1 aliphatic heterocycles. The number of benzene rings is 2. The van der Waals surface area contributed by atoms with Gasteiger partial charge in [-0.1, -0.05) is 36.4 Å². The maximum absolute atomic E-state index is 13.1. The summed E-state index contributed by atoms with van der Waals surface area (Å²) in [5.41, 5.74) is 0.883. The van der Waals surface area contributed by atoms with Crippen LogP contribution >= 0.6 is 0 Å². The van der Waals surface area contributed by atoms with Gasteiger partial charge < -0.3 is 10.1 Å². The van der Waals surface area contributed by atoms with Crippen LogP contribution in [-0.2, 0) is 30.8 Å². The van der Waals surface area contributed by atoms with Gasteiger partial charge in [0, 0.05) is 6.54 Å². The van der Waals surface area contributed by atoms with E-state index in [-0.39, 0.29) is 23.4 Å². The number of amides is 2. The van der Waals surface area contributed by atoms with Crippen LogP contribution in [-0.4, -0.2) is 50.7 Å². The summed E-state index contributed by atoms with van der Waals surface area (Å²) >= 11 is 0. The monoisotopic (exact) mass is 416 g/mol. The van der Waals surface area contributed by atoms with Crippen LogP contribution < -0.4 is 5.32 Å². The van der Waals surface area contributed by atoms with Gasteiger partial charge in [-0.15, -0.1) is 0 Å². The molecule has 1 heterocycles. The van der Waals surface area contributed by atoms with Gasteiger partial charge >= 0.3 is 5.97 Å². The number of carbonyl (C=O) groups excluding carboxylic acids is 3. The first kappa shape index (κ1) is 20.5. The molecule has 1 saturated heterocycles. The molecule has 0 bridgehead atoms. The molecule has 2 aromatic carbocycles. The minimum absolute atomic E-state index is 0.0288. The Bertz CT molecular complexity index is 1040. The number of hydrogen-bond acceptors (Lipinski definition) is 6. The summed E-state index contributed by atoms with van der Waals surface area (Å²) in [5, 5.41) is 2.60. The van der Waals surface area contributed by atoms with Crippen molar-refractivity contribution in [2.75, 3.05) is 20.2 Å². The lowest BCUT2D eigenvalue weighted by Gasteiger charge is -2.23. The van der Waals surface area contributed by atoms with E-state index in [1.807, 2.05) is 30.3 Å². The molecule has 0 saturated carbocycles. The maximum Gasteiger partial charge on any atom is 0.337 e. The van der Waals surface area contributed by atoms with Gasteiger partial charge in [-0.3, -0.25) is 9.59 Å². The van der Waals surface area contributed by atoms with Gasteiger partial charge in [0.25, 0.3) is 10.0 Å². The Balaban J connectivity index is 1.95. The molecule has 1 atom stereocenters. The van der Waals surface area contributed by atoms with Gasteiger partial charge in [0.05, 0.1) is 23.5 Å². The Labute approximate surface area is 168 Å². The maximum atomic E-state index is 13.1. The first-order valence-electron chi connectivity index (χ1n) is 8.88. The normalized spacial score (nSPS) is 17.4. The molecule has 9 heteroatoms. The highest BCUT2D eigenvalue weighted by Crippen LogP contribution is 2.22. The second kappa shape index (κ2) is 8.44. The van der Waals surface area contributed by atoms with Gasteiger partial charge in [-0.2, -0.15) is 0 Å². The minimum atomic E-state index is -4.34. The molecule has 152 valence electrons. The van der Waals surface area contributed by atoms with Crippen LogP contribution in [0.25, 0.3) is 0 Å². The number of methoxy groups -OCH3 is 1. The summed E-state index contributed by atoms with van der Waals surface area (Å²) in [6, 6.07) is 14.3. The lowest BCUT2D eigenvalue weighted by Crippen LogP contribution is -2.42. The van der Waals surface area contributed by atoms with Crippen molar-refractivity contribution in [1.29, 1.82) is 0 Å². The highest BCUT2D eigenvalue weighted by Gasteiger charge is 2.38. The van der Waals surface area contributed by atoms with Crippen LogP contribution in [0.2, 0.25) is 0 Å². The van der Waals surface area contributed by atoms with Crippen molar-refractivity contribution >= 4 is 27.8 Å². The zero-order valence-corrected chi connectivity index (χ0v) is 16.5. The smallest absolute Gasteiger partial charge is 0.337 e. The first-order chi connectivity index (χ1) is 13.8. The van der Waals surface area contributed by atoms with Crippen LogP contribution in [0.15, 0.2) is 59.5 Å². The predicted molar refractivity (Wildman–Crippen MR) is 103 cm³/mol. The molecule has 1 N–H and O–H groups in total. The fourth-order valence-electron chi connectivity index (χ4n) is 3.08. The van der Waals surface area contributed by atoms with Crippen molar-refractivity contribution in [2.45, 2.75) is 11.3 Å². The Kier molecular flexibility index (Phi) is 5.97. The number of hydrogen-bond donors (Lipinski definition) is 1. The van der Waals surface area contributed by atoms with Gasteiger partial charge in [-0.05, 0) is 30.2 Å². The summed E-state index contributed by atoms with van der Waals surface area (Å²) in [5.74, 6) is -2.68. The summed E-state index contributed by atoms with van der Waals surface area (Å²) in [6.07, 6.45) is 0.286. The second-order valence-corrected chi connectivity index (χ2v) is 8.42. The highest BCUT2D eigenvalue weighted by molar-refractivity contribution is 7.89. The third kappa shape index (κ3) is 4.45. The summed E-state index contributed by atoms with van der Waals surface area (Å²) < 4.78 is 31.5. The molecule has 1 aliphatic rings. The zero-order chi connectivity index (χ0) is 21.0. The van der Waals surface area contributed by atoms with Gasteiger partial charge in [-0.25, -0.2) is 17.5 Å². The van der Waals surface area contributed by atoms with E-state index >= 15 is 0 Å². The number of carbonyl (C=O) groups is 3. The van der Waals surface area contributed by atoms with Crippen LogP contribution in [0.4, 0.5) is 0 Å². The Morgan fingerprint density at radius 2 is 1.86 bits per heavy atom. The second-order valence-electron chi connectivity index (χ2n) is 6.56. The van der Waals surface area contributed by atoms with E-state index in [2.05, 4.69) is 10.1 Å². The summed E-state index contributed by atoms with van der Waals surface area (Å²) in [7, 11) is -3.16. The molecule has 2 amide bonds.